The topological polar surface area (TPSA) is 85.7 Å². The molecule has 0 saturated heterocycles. The van der Waals surface area contributed by atoms with Gasteiger partial charge in [0.1, 0.15) is 6.61 Å². The average molecular weight is 453 g/mol. The van der Waals surface area contributed by atoms with E-state index in [9.17, 15) is 26.7 Å². The lowest BCUT2D eigenvalue weighted by Crippen LogP contribution is -2.29. The van der Waals surface area contributed by atoms with Crippen LogP contribution in [-0.2, 0) is 29.6 Å². The normalized spacial score (nSPS) is 14.3. The van der Waals surface area contributed by atoms with Crippen LogP contribution >= 0.6 is 0 Å². The van der Waals surface area contributed by atoms with Crippen molar-refractivity contribution in [2.24, 2.45) is 0 Å². The summed E-state index contributed by atoms with van der Waals surface area (Å²) >= 11 is 0. The molecule has 0 saturated carbocycles. The summed E-state index contributed by atoms with van der Waals surface area (Å²) in [5, 5.41) is 10.9. The molecular formula is C21H18F3NO5S. The molecule has 0 spiro atoms. The van der Waals surface area contributed by atoms with Crippen molar-refractivity contribution >= 4 is 21.0 Å². The molecule has 0 aliphatic heterocycles. The van der Waals surface area contributed by atoms with Crippen molar-refractivity contribution < 1.29 is 35.6 Å². The Bertz CT molecular complexity index is 1230. The summed E-state index contributed by atoms with van der Waals surface area (Å²) in [5.74, 6) is -0.671. The van der Waals surface area contributed by atoms with Crippen molar-refractivity contribution in [2.45, 2.75) is 37.8 Å². The first-order valence-corrected chi connectivity index (χ1v) is 10.9. The van der Waals surface area contributed by atoms with Gasteiger partial charge in [-0.3, -0.25) is 0 Å². The van der Waals surface area contributed by atoms with Crippen molar-refractivity contribution in [1.29, 1.82) is 0 Å². The van der Waals surface area contributed by atoms with Crippen LogP contribution in [0.5, 0.6) is 17.4 Å². The zero-order chi connectivity index (χ0) is 22.2. The van der Waals surface area contributed by atoms with Gasteiger partial charge >= 0.3 is 15.6 Å². The quantitative estimate of drug-likeness (QED) is 0.448. The Hall–Kier alpha value is -3.01. The van der Waals surface area contributed by atoms with Crippen LogP contribution in [-0.4, -0.2) is 24.0 Å². The van der Waals surface area contributed by atoms with E-state index < -0.39 is 21.5 Å². The molecule has 10 heteroatoms. The molecule has 1 aliphatic rings. The van der Waals surface area contributed by atoms with Gasteiger partial charge in [0, 0.05) is 17.0 Å². The van der Waals surface area contributed by atoms with Crippen LogP contribution in [0.25, 0.3) is 10.9 Å². The summed E-state index contributed by atoms with van der Waals surface area (Å²) in [7, 11) is -5.86. The summed E-state index contributed by atoms with van der Waals surface area (Å²) in [6, 6.07) is 12.1. The number of fused-ring (bicyclic) bond motifs is 3. The van der Waals surface area contributed by atoms with E-state index in [1.807, 2.05) is 30.3 Å². The number of halogens is 3. The summed E-state index contributed by atoms with van der Waals surface area (Å²) in [6.45, 7) is 0.209. The first kappa shape index (κ1) is 21.2. The molecule has 0 radical (unpaired) electrons. The van der Waals surface area contributed by atoms with Crippen LogP contribution in [0.3, 0.4) is 0 Å². The molecule has 1 N–H and O–H groups in total. The molecule has 0 amide bonds. The second-order valence-corrected chi connectivity index (χ2v) is 8.71. The Labute approximate surface area is 176 Å². The van der Waals surface area contributed by atoms with Gasteiger partial charge in [-0.15, -0.1) is 0 Å². The maximum Gasteiger partial charge on any atom is 0.534 e. The molecule has 1 aliphatic carbocycles. The lowest BCUT2D eigenvalue weighted by Gasteiger charge is -2.21. The number of benzene rings is 2. The Kier molecular flexibility index (Phi) is 5.42. The number of aromatic nitrogens is 1. The van der Waals surface area contributed by atoms with Crippen molar-refractivity contribution in [3.63, 3.8) is 0 Å². The van der Waals surface area contributed by atoms with Gasteiger partial charge in [0.05, 0.1) is 5.52 Å². The molecule has 164 valence electrons. The third kappa shape index (κ3) is 4.25. The Morgan fingerprint density at radius 1 is 1.03 bits per heavy atom. The first-order chi connectivity index (χ1) is 14.7. The number of hydrogen-bond acceptors (Lipinski definition) is 6. The zero-order valence-corrected chi connectivity index (χ0v) is 17.0. The van der Waals surface area contributed by atoms with Crippen LogP contribution in [0.4, 0.5) is 13.2 Å². The van der Waals surface area contributed by atoms with Crippen LogP contribution < -0.4 is 8.92 Å². The van der Waals surface area contributed by atoms with E-state index in [-0.39, 0.29) is 23.6 Å². The molecule has 1 aromatic heterocycles. The fourth-order valence-electron chi connectivity index (χ4n) is 3.58. The van der Waals surface area contributed by atoms with Gasteiger partial charge in [0.25, 0.3) is 0 Å². The maximum atomic E-state index is 12.8. The van der Waals surface area contributed by atoms with Gasteiger partial charge in [0.2, 0.25) is 5.88 Å². The minimum atomic E-state index is -5.86. The Morgan fingerprint density at radius 2 is 1.71 bits per heavy atom. The highest BCUT2D eigenvalue weighted by Gasteiger charge is 2.49. The second kappa shape index (κ2) is 7.92. The lowest BCUT2D eigenvalue weighted by molar-refractivity contribution is -0.0501. The molecule has 1 heterocycles. The van der Waals surface area contributed by atoms with E-state index in [0.29, 0.717) is 35.8 Å². The van der Waals surface area contributed by atoms with Crippen LogP contribution in [0.15, 0.2) is 42.5 Å². The number of phenols is 1. The Balaban J connectivity index is 1.76. The number of ether oxygens (including phenoxy) is 1. The summed E-state index contributed by atoms with van der Waals surface area (Å²) in [4.78, 5) is 3.99. The molecule has 3 aromatic rings. The minimum Gasteiger partial charge on any atom is -0.504 e. The number of alkyl halides is 3. The highest BCUT2D eigenvalue weighted by molar-refractivity contribution is 7.87. The lowest BCUT2D eigenvalue weighted by atomic mass is 9.89. The number of rotatable bonds is 5. The third-order valence-corrected chi connectivity index (χ3v) is 6.00. The van der Waals surface area contributed by atoms with Crippen LogP contribution in [0.1, 0.15) is 29.5 Å². The van der Waals surface area contributed by atoms with E-state index in [4.69, 9.17) is 4.74 Å². The molecule has 0 unspecified atom stereocenters. The molecule has 31 heavy (non-hydrogen) atoms. The molecule has 0 atom stereocenters. The van der Waals surface area contributed by atoms with E-state index in [2.05, 4.69) is 9.17 Å². The third-order valence-electron chi connectivity index (χ3n) is 5.06. The van der Waals surface area contributed by atoms with Gasteiger partial charge < -0.3 is 14.0 Å². The number of phenolic OH excluding ortho intramolecular Hbond substituents is 1. The Morgan fingerprint density at radius 3 is 2.39 bits per heavy atom. The molecule has 0 bridgehead atoms. The molecule has 6 nitrogen and oxygen atoms in total. The molecule has 4 rings (SSSR count). The average Bonchev–Trinajstić information content (AvgIpc) is 2.72. The summed E-state index contributed by atoms with van der Waals surface area (Å²) in [5.41, 5.74) is -3.58. The van der Waals surface area contributed by atoms with Gasteiger partial charge in [-0.25, -0.2) is 4.98 Å². The maximum absolute atomic E-state index is 12.8. The van der Waals surface area contributed by atoms with Crippen molar-refractivity contribution in [3.8, 4) is 17.4 Å². The van der Waals surface area contributed by atoms with Crippen molar-refractivity contribution in [2.75, 3.05) is 0 Å². The highest BCUT2D eigenvalue weighted by Crippen LogP contribution is 2.40. The van der Waals surface area contributed by atoms with Crippen LogP contribution in [0.2, 0.25) is 0 Å². The fraction of sp³-hybridized carbons (Fsp3) is 0.286. The van der Waals surface area contributed by atoms with Crippen LogP contribution in [0, 0.1) is 0 Å². The van der Waals surface area contributed by atoms with Crippen molar-refractivity contribution in [3.05, 3.63) is 59.2 Å². The van der Waals surface area contributed by atoms with E-state index in [0.717, 1.165) is 12.0 Å². The fourth-order valence-corrected chi connectivity index (χ4v) is 4.02. The molecule has 2 aromatic carbocycles. The number of pyridine rings is 1. The summed E-state index contributed by atoms with van der Waals surface area (Å²) in [6.07, 6.45) is 2.29. The van der Waals surface area contributed by atoms with E-state index in [1.54, 1.807) is 6.07 Å². The molecular weight excluding hydrogens is 435 g/mol. The molecule has 0 fully saturated rings. The largest absolute Gasteiger partial charge is 0.534 e. The predicted molar refractivity (Wildman–Crippen MR) is 106 cm³/mol. The minimum absolute atomic E-state index is 0.123. The number of aromatic hydroxyl groups is 1. The van der Waals surface area contributed by atoms with Gasteiger partial charge in [-0.05, 0) is 42.9 Å². The van der Waals surface area contributed by atoms with E-state index >= 15 is 0 Å². The number of hydrogen-bond donors (Lipinski definition) is 1. The van der Waals surface area contributed by atoms with Gasteiger partial charge in [-0.1, -0.05) is 30.3 Å². The standard InChI is InChI=1S/C21H18F3NO5S/c22-21(23,24)31(27,28)30-20-15-9-5-4-8-14(15)16-10-19(18(26)11-17(16)25-20)29-12-13-6-2-1-3-7-13/h1-3,6-7,10-11,26H,4-5,8-9,12H2. The van der Waals surface area contributed by atoms with Gasteiger partial charge in [-0.2, -0.15) is 21.6 Å². The highest BCUT2D eigenvalue weighted by atomic mass is 32.2. The zero-order valence-electron chi connectivity index (χ0n) is 16.1. The van der Waals surface area contributed by atoms with Gasteiger partial charge in [0.15, 0.2) is 11.5 Å². The monoisotopic (exact) mass is 453 g/mol. The second-order valence-electron chi connectivity index (χ2n) is 7.18. The SMILES string of the molecule is O=S(=O)(Oc1nc2cc(O)c(OCc3ccccc3)cc2c2c1CCCC2)C(F)(F)F. The first-order valence-electron chi connectivity index (χ1n) is 9.51. The smallest absolute Gasteiger partial charge is 0.504 e. The van der Waals surface area contributed by atoms with Crippen molar-refractivity contribution in [1.82, 2.24) is 4.98 Å². The van der Waals surface area contributed by atoms with E-state index in [1.165, 1.54) is 6.07 Å². The number of nitrogens with zero attached hydrogens (tertiary/aromatic N) is 1. The number of aryl methyl sites for hydroxylation is 1. The summed E-state index contributed by atoms with van der Waals surface area (Å²) < 4.78 is 71.6. The predicted octanol–water partition coefficient (Wildman–Crippen LogP) is 4.63.